The van der Waals surface area contributed by atoms with Gasteiger partial charge in [0.25, 0.3) is 0 Å². The molecule has 2 nitrogen and oxygen atoms in total. The molecule has 2 rings (SSSR count). The number of hydrogen-bond acceptors (Lipinski definition) is 3. The Hall–Kier alpha value is -0.640. The topological polar surface area (TPSA) is 26.0 Å². The smallest absolute Gasteiger partial charge is 0.180 e. The van der Waals surface area contributed by atoms with Crippen LogP contribution in [0, 0.1) is 0 Å². The predicted molar refractivity (Wildman–Crippen MR) is 77.9 cm³/mol. The minimum atomic E-state index is 0.173. The van der Waals surface area contributed by atoms with Crippen LogP contribution in [0.5, 0.6) is 0 Å². The van der Waals surface area contributed by atoms with Gasteiger partial charge >= 0.3 is 0 Å². The number of hydrogen-bond donors (Lipinski definition) is 1. The Morgan fingerprint density at radius 2 is 2.11 bits per heavy atom. The first-order valence-electron chi connectivity index (χ1n) is 5.58. The summed E-state index contributed by atoms with van der Waals surface area (Å²) in [5.41, 5.74) is 1.10. The molecule has 0 aliphatic rings. The fraction of sp³-hybridized carbons (Fsp3) is 0.308. The molecule has 0 saturated carbocycles. The first-order chi connectivity index (χ1) is 8.58. The maximum Gasteiger partial charge on any atom is 0.180 e. The SMILES string of the molecule is CC(S)C(Cc1cnco1)c1ccc(Cl)c(Cl)c1. The van der Waals surface area contributed by atoms with Crippen molar-refractivity contribution < 1.29 is 4.42 Å². The fourth-order valence-corrected chi connectivity index (χ4v) is 2.45. The first kappa shape index (κ1) is 13.8. The molecule has 2 atom stereocenters. The molecule has 0 radical (unpaired) electrons. The van der Waals surface area contributed by atoms with Gasteiger partial charge in [-0.1, -0.05) is 36.2 Å². The summed E-state index contributed by atoms with van der Waals surface area (Å²) in [6, 6.07) is 5.67. The van der Waals surface area contributed by atoms with E-state index in [1.807, 2.05) is 25.1 Å². The fourth-order valence-electron chi connectivity index (χ4n) is 1.87. The van der Waals surface area contributed by atoms with Crippen LogP contribution in [0.4, 0.5) is 0 Å². The minimum Gasteiger partial charge on any atom is -0.449 e. The van der Waals surface area contributed by atoms with Crippen LogP contribution in [0.25, 0.3) is 0 Å². The summed E-state index contributed by atoms with van der Waals surface area (Å²) in [7, 11) is 0. The molecular weight excluding hydrogens is 289 g/mol. The Morgan fingerprint density at radius 3 is 2.67 bits per heavy atom. The Morgan fingerprint density at radius 1 is 1.33 bits per heavy atom. The van der Waals surface area contributed by atoms with Crippen LogP contribution in [-0.2, 0) is 6.42 Å². The molecule has 0 spiro atoms. The van der Waals surface area contributed by atoms with E-state index in [9.17, 15) is 0 Å². The molecule has 1 aromatic heterocycles. The summed E-state index contributed by atoms with van der Waals surface area (Å²) in [6.45, 7) is 2.05. The first-order valence-corrected chi connectivity index (χ1v) is 6.85. The van der Waals surface area contributed by atoms with Crippen molar-refractivity contribution in [2.45, 2.75) is 24.5 Å². The minimum absolute atomic E-state index is 0.173. The van der Waals surface area contributed by atoms with Crippen molar-refractivity contribution in [3.8, 4) is 0 Å². The van der Waals surface area contributed by atoms with Crippen LogP contribution in [0.15, 0.2) is 35.2 Å². The lowest BCUT2D eigenvalue weighted by molar-refractivity contribution is 0.480. The molecule has 0 aliphatic carbocycles. The lowest BCUT2D eigenvalue weighted by Gasteiger charge is -2.20. The van der Waals surface area contributed by atoms with Gasteiger partial charge in [-0.2, -0.15) is 12.6 Å². The van der Waals surface area contributed by atoms with Gasteiger partial charge in [0.05, 0.1) is 16.2 Å². The van der Waals surface area contributed by atoms with Gasteiger partial charge in [-0.05, 0) is 17.7 Å². The van der Waals surface area contributed by atoms with E-state index in [-0.39, 0.29) is 11.2 Å². The maximum absolute atomic E-state index is 6.05. The lowest BCUT2D eigenvalue weighted by Crippen LogP contribution is -2.12. The molecule has 0 fully saturated rings. The molecule has 0 saturated heterocycles. The molecule has 0 amide bonds. The number of benzene rings is 1. The Balaban J connectivity index is 2.26. The van der Waals surface area contributed by atoms with Crippen LogP contribution in [0.1, 0.15) is 24.2 Å². The molecule has 96 valence electrons. The van der Waals surface area contributed by atoms with Gasteiger partial charge in [0, 0.05) is 17.6 Å². The quantitative estimate of drug-likeness (QED) is 0.834. The van der Waals surface area contributed by atoms with Crippen molar-refractivity contribution in [2.75, 3.05) is 0 Å². The van der Waals surface area contributed by atoms with Gasteiger partial charge in [0.15, 0.2) is 6.39 Å². The normalized spacial score (nSPS) is 14.4. The van der Waals surface area contributed by atoms with Gasteiger partial charge in [-0.25, -0.2) is 4.98 Å². The van der Waals surface area contributed by atoms with Crippen LogP contribution in [0.3, 0.4) is 0 Å². The van der Waals surface area contributed by atoms with Crippen molar-refractivity contribution in [3.63, 3.8) is 0 Å². The summed E-state index contributed by atoms with van der Waals surface area (Å²) in [5.74, 6) is 1.04. The lowest BCUT2D eigenvalue weighted by atomic mass is 9.92. The summed E-state index contributed by atoms with van der Waals surface area (Å²) >= 11 is 16.5. The van der Waals surface area contributed by atoms with Crippen molar-refractivity contribution in [2.24, 2.45) is 0 Å². The van der Waals surface area contributed by atoms with Crippen LogP contribution in [0.2, 0.25) is 10.0 Å². The third kappa shape index (κ3) is 3.22. The number of thiol groups is 1. The van der Waals surface area contributed by atoms with E-state index in [0.29, 0.717) is 10.0 Å². The van der Waals surface area contributed by atoms with Gasteiger partial charge in [0.1, 0.15) is 5.76 Å². The van der Waals surface area contributed by atoms with Gasteiger partial charge in [-0.3, -0.25) is 0 Å². The van der Waals surface area contributed by atoms with Gasteiger partial charge in [-0.15, -0.1) is 0 Å². The van der Waals surface area contributed by atoms with Crippen LogP contribution >= 0.6 is 35.8 Å². The van der Waals surface area contributed by atoms with Crippen LogP contribution < -0.4 is 0 Å². The summed E-state index contributed by atoms with van der Waals surface area (Å²) in [6.07, 6.45) is 3.90. The Labute approximate surface area is 122 Å². The van der Waals surface area contributed by atoms with Crippen LogP contribution in [-0.4, -0.2) is 10.2 Å². The third-order valence-corrected chi connectivity index (χ3v) is 3.96. The highest BCUT2D eigenvalue weighted by Crippen LogP contribution is 2.31. The highest BCUT2D eigenvalue weighted by molar-refractivity contribution is 7.81. The van der Waals surface area contributed by atoms with Crippen molar-refractivity contribution >= 4 is 35.8 Å². The molecule has 2 aromatic rings. The highest BCUT2D eigenvalue weighted by atomic mass is 35.5. The molecule has 18 heavy (non-hydrogen) atoms. The number of oxazole rings is 1. The monoisotopic (exact) mass is 301 g/mol. The van der Waals surface area contributed by atoms with E-state index in [1.165, 1.54) is 6.39 Å². The van der Waals surface area contributed by atoms with Crippen molar-refractivity contribution in [3.05, 3.63) is 52.2 Å². The van der Waals surface area contributed by atoms with Gasteiger partial charge < -0.3 is 4.42 Å². The predicted octanol–water partition coefficient (Wildman–Crippen LogP) is 4.63. The summed E-state index contributed by atoms with van der Waals surface area (Å²) < 4.78 is 5.29. The molecule has 1 heterocycles. The molecular formula is C13H13Cl2NOS. The highest BCUT2D eigenvalue weighted by Gasteiger charge is 2.19. The number of aromatic nitrogens is 1. The zero-order valence-corrected chi connectivity index (χ0v) is 12.2. The molecule has 0 N–H and O–H groups in total. The second-order valence-electron chi connectivity index (χ2n) is 4.19. The van der Waals surface area contributed by atoms with E-state index < -0.39 is 0 Å². The van der Waals surface area contributed by atoms with E-state index in [4.69, 9.17) is 27.6 Å². The number of halogens is 2. The zero-order valence-electron chi connectivity index (χ0n) is 9.81. The Bertz CT molecular complexity index is 514. The second kappa shape index (κ2) is 6.00. The largest absolute Gasteiger partial charge is 0.449 e. The number of rotatable bonds is 4. The van der Waals surface area contributed by atoms with Crippen molar-refractivity contribution in [1.29, 1.82) is 0 Å². The average Bonchev–Trinajstić information content (AvgIpc) is 2.82. The van der Waals surface area contributed by atoms with E-state index in [1.54, 1.807) is 6.20 Å². The Kier molecular flexibility index (Phi) is 4.60. The van der Waals surface area contributed by atoms with E-state index >= 15 is 0 Å². The second-order valence-corrected chi connectivity index (χ2v) is 5.82. The van der Waals surface area contributed by atoms with Gasteiger partial charge in [0.2, 0.25) is 0 Å². The van der Waals surface area contributed by atoms with E-state index in [0.717, 1.165) is 17.7 Å². The molecule has 1 aromatic carbocycles. The van der Waals surface area contributed by atoms with Crippen molar-refractivity contribution in [1.82, 2.24) is 4.98 Å². The summed E-state index contributed by atoms with van der Waals surface area (Å²) in [5, 5.41) is 1.30. The summed E-state index contributed by atoms with van der Waals surface area (Å²) in [4.78, 5) is 3.92. The third-order valence-electron chi connectivity index (χ3n) is 2.86. The van der Waals surface area contributed by atoms with E-state index in [2.05, 4.69) is 17.6 Å². The number of nitrogens with zero attached hydrogens (tertiary/aromatic N) is 1. The zero-order chi connectivity index (χ0) is 13.1. The molecule has 5 heteroatoms. The standard InChI is InChI=1S/C13H13Cl2NOS/c1-8(18)11(5-10-6-16-7-17-10)9-2-3-12(14)13(15)4-9/h2-4,6-8,11,18H,5H2,1H3. The molecule has 0 bridgehead atoms. The molecule has 2 unspecified atom stereocenters. The maximum atomic E-state index is 6.05. The average molecular weight is 302 g/mol. The molecule has 0 aliphatic heterocycles.